The molecule has 10 nitrogen and oxygen atoms in total. The van der Waals surface area contributed by atoms with E-state index in [-0.39, 0.29) is 37.6 Å². The van der Waals surface area contributed by atoms with Gasteiger partial charge in [0.2, 0.25) is 0 Å². The maximum Gasteiger partial charge on any atom is 0.514 e. The maximum atomic E-state index is 9.29. The molecule has 5 rings (SSSR count). The van der Waals surface area contributed by atoms with Gasteiger partial charge in [0, 0.05) is 59.3 Å². The number of aliphatic hydroxyl groups is 2. The Morgan fingerprint density at radius 1 is 0.762 bits per heavy atom. The van der Waals surface area contributed by atoms with E-state index >= 15 is 0 Å². The first-order valence-electron chi connectivity index (χ1n) is 14.0. The number of halogens is 1. The fourth-order valence-corrected chi connectivity index (χ4v) is 4.55. The van der Waals surface area contributed by atoms with E-state index in [1.807, 2.05) is 27.6 Å². The van der Waals surface area contributed by atoms with Crippen molar-refractivity contribution in [3.8, 4) is 11.3 Å². The third-order valence-electron chi connectivity index (χ3n) is 7.23. The molecule has 2 N–H and O–H groups in total. The van der Waals surface area contributed by atoms with Crippen LogP contribution in [-0.2, 0) is 22.5 Å². The van der Waals surface area contributed by atoms with Gasteiger partial charge in [-0.2, -0.15) is 10.2 Å². The van der Waals surface area contributed by atoms with Crippen molar-refractivity contribution in [2.45, 2.75) is 91.9 Å². The molecule has 0 atom stereocenters. The Hall–Kier alpha value is -2.90. The monoisotopic (exact) mass is 640 g/mol. The van der Waals surface area contributed by atoms with E-state index in [4.69, 9.17) is 14.4 Å². The lowest BCUT2D eigenvalue weighted by Crippen LogP contribution is -2.41. The quantitative estimate of drug-likeness (QED) is 0.279. The molecule has 4 aromatic heterocycles. The molecule has 1 aliphatic rings. The summed E-state index contributed by atoms with van der Waals surface area (Å²) in [4.78, 5) is 7.93. The molecule has 0 saturated carbocycles. The van der Waals surface area contributed by atoms with Gasteiger partial charge in [-0.25, -0.2) is 0 Å². The zero-order valence-corrected chi connectivity index (χ0v) is 27.3. The van der Waals surface area contributed by atoms with Crippen LogP contribution < -0.4 is 5.59 Å². The molecule has 0 amide bonds. The van der Waals surface area contributed by atoms with Crippen LogP contribution in [-0.4, -0.2) is 58.1 Å². The zero-order chi connectivity index (χ0) is 31.1. The molecule has 1 fully saturated rings. The molecule has 0 aromatic carbocycles. The van der Waals surface area contributed by atoms with Crippen molar-refractivity contribution in [1.82, 2.24) is 29.5 Å². The summed E-state index contributed by atoms with van der Waals surface area (Å²) in [6.45, 7) is 16.7. The summed E-state index contributed by atoms with van der Waals surface area (Å²) in [7, 11) is -0.329. The molecule has 0 unspecified atom stereocenters. The van der Waals surface area contributed by atoms with E-state index in [1.54, 1.807) is 43.2 Å². The average molecular weight is 641 g/mol. The van der Waals surface area contributed by atoms with Crippen molar-refractivity contribution in [1.29, 1.82) is 0 Å². The summed E-state index contributed by atoms with van der Waals surface area (Å²) >= 11 is 3.23. The SMILES string of the molecule is CC(C)n1nccc1-c1cnccc1CO.CC(C)n1nccc1B1OC(C)(C)C(C)(C)O1.OCc1ccncc1Br. The molecular weight excluding hydrogens is 599 g/mol. The second kappa shape index (κ2) is 14.5. The zero-order valence-electron chi connectivity index (χ0n) is 25.7. The van der Waals surface area contributed by atoms with E-state index in [0.29, 0.717) is 6.04 Å². The number of nitrogens with zero attached hydrogens (tertiary/aromatic N) is 6. The van der Waals surface area contributed by atoms with E-state index in [0.717, 1.165) is 32.5 Å². The van der Waals surface area contributed by atoms with Crippen LogP contribution in [0.5, 0.6) is 0 Å². The molecule has 0 spiro atoms. The fraction of sp³-hybridized carbons (Fsp3) is 0.467. The molecule has 0 bridgehead atoms. The Morgan fingerprint density at radius 3 is 1.81 bits per heavy atom. The van der Waals surface area contributed by atoms with Crippen molar-refractivity contribution in [3.63, 3.8) is 0 Å². The Bertz CT molecular complexity index is 1410. The lowest BCUT2D eigenvalue weighted by molar-refractivity contribution is 0.00578. The predicted octanol–water partition coefficient (Wildman–Crippen LogP) is 5.12. The van der Waals surface area contributed by atoms with Crippen molar-refractivity contribution >= 4 is 28.6 Å². The number of aliphatic hydroxyl groups excluding tert-OH is 2. The first-order chi connectivity index (χ1) is 19.8. The van der Waals surface area contributed by atoms with Crippen LogP contribution in [0.15, 0.2) is 65.9 Å². The first-order valence-corrected chi connectivity index (χ1v) is 14.8. The summed E-state index contributed by atoms with van der Waals surface area (Å²) in [6, 6.07) is 8.09. The number of aromatic nitrogens is 6. The second-order valence-electron chi connectivity index (χ2n) is 11.5. The highest BCUT2D eigenvalue weighted by Crippen LogP contribution is 2.36. The Kier molecular flexibility index (Phi) is 11.6. The van der Waals surface area contributed by atoms with Crippen molar-refractivity contribution in [2.24, 2.45) is 0 Å². The van der Waals surface area contributed by atoms with Crippen molar-refractivity contribution < 1.29 is 19.5 Å². The minimum Gasteiger partial charge on any atom is -0.398 e. The predicted molar refractivity (Wildman–Crippen MR) is 168 cm³/mol. The molecular formula is C30H42BBrN6O4. The van der Waals surface area contributed by atoms with Gasteiger partial charge in [0.1, 0.15) is 0 Å². The summed E-state index contributed by atoms with van der Waals surface area (Å²) in [5, 5.41) is 26.5. The standard InChI is InChI=1S/C12H21BN2O2.C12H15N3O.C6H6BrNO/c1-9(2)15-10(7-8-14-15)13-16-11(3,4)12(5,6)17-13;1-9(2)15-12(4-6-14-15)11-7-13-5-3-10(11)8-16;7-6-3-8-2-1-5(6)4-9/h7-9H,1-6H3;3-7,9,16H,8H2,1-2H3;1-3,9H,4H2. The molecule has 12 heteroatoms. The van der Waals surface area contributed by atoms with Gasteiger partial charge in [0.15, 0.2) is 0 Å². The van der Waals surface area contributed by atoms with Gasteiger partial charge in [-0.1, -0.05) is 0 Å². The third kappa shape index (κ3) is 7.93. The molecule has 0 radical (unpaired) electrons. The first kappa shape index (κ1) is 33.6. The van der Waals surface area contributed by atoms with Gasteiger partial charge < -0.3 is 19.5 Å². The van der Waals surface area contributed by atoms with Gasteiger partial charge in [-0.3, -0.25) is 19.3 Å². The van der Waals surface area contributed by atoms with Crippen LogP contribution in [0.3, 0.4) is 0 Å². The molecule has 4 aromatic rings. The van der Waals surface area contributed by atoms with Crippen LogP contribution in [0.25, 0.3) is 11.3 Å². The second-order valence-corrected chi connectivity index (χ2v) is 12.3. The molecule has 0 aliphatic carbocycles. The molecule has 226 valence electrons. The van der Waals surface area contributed by atoms with Crippen molar-refractivity contribution in [3.05, 3.63) is 77.0 Å². The van der Waals surface area contributed by atoms with E-state index in [9.17, 15) is 5.11 Å². The molecule has 1 aliphatic heterocycles. The summed E-state index contributed by atoms with van der Waals surface area (Å²) in [5.74, 6) is 0. The normalized spacial score (nSPS) is 15.3. The summed E-state index contributed by atoms with van der Waals surface area (Å²) in [5.41, 5.74) is 4.05. The Morgan fingerprint density at radius 2 is 1.29 bits per heavy atom. The smallest absolute Gasteiger partial charge is 0.398 e. The highest BCUT2D eigenvalue weighted by atomic mass is 79.9. The average Bonchev–Trinajstić information content (AvgIpc) is 3.68. The maximum absolute atomic E-state index is 9.29. The topological polar surface area (TPSA) is 120 Å². The third-order valence-corrected chi connectivity index (χ3v) is 7.94. The number of hydrogen-bond acceptors (Lipinski definition) is 8. The van der Waals surface area contributed by atoms with Crippen LogP contribution in [0.1, 0.15) is 78.6 Å². The van der Waals surface area contributed by atoms with E-state index < -0.39 is 0 Å². The van der Waals surface area contributed by atoms with Crippen LogP contribution >= 0.6 is 15.9 Å². The van der Waals surface area contributed by atoms with E-state index in [1.165, 1.54) is 0 Å². The van der Waals surface area contributed by atoms with E-state index in [2.05, 4.69) is 91.5 Å². The minimum absolute atomic E-state index is 0.0150. The number of hydrogen-bond donors (Lipinski definition) is 2. The Labute approximate surface area is 257 Å². The van der Waals surface area contributed by atoms with Gasteiger partial charge in [0.25, 0.3) is 0 Å². The van der Waals surface area contributed by atoms with Crippen LogP contribution in [0.2, 0.25) is 0 Å². The summed E-state index contributed by atoms with van der Waals surface area (Å²) < 4.78 is 16.8. The molecule has 5 heterocycles. The molecule has 1 saturated heterocycles. The number of rotatable bonds is 6. The lowest BCUT2D eigenvalue weighted by Gasteiger charge is -2.32. The molecule has 42 heavy (non-hydrogen) atoms. The van der Waals surface area contributed by atoms with Gasteiger partial charge in [-0.15, -0.1) is 0 Å². The van der Waals surface area contributed by atoms with Gasteiger partial charge >= 0.3 is 7.12 Å². The summed E-state index contributed by atoms with van der Waals surface area (Å²) in [6.07, 6.45) is 10.3. The lowest BCUT2D eigenvalue weighted by atomic mass is 9.84. The van der Waals surface area contributed by atoms with Crippen LogP contribution in [0, 0.1) is 0 Å². The van der Waals surface area contributed by atoms with Crippen molar-refractivity contribution in [2.75, 3.05) is 0 Å². The van der Waals surface area contributed by atoms with Gasteiger partial charge in [-0.05, 0) is 107 Å². The fourth-order valence-electron chi connectivity index (χ4n) is 4.17. The highest BCUT2D eigenvalue weighted by Gasteiger charge is 2.52. The number of pyridine rings is 2. The minimum atomic E-state index is -0.329. The Balaban J connectivity index is 0.000000181. The highest BCUT2D eigenvalue weighted by molar-refractivity contribution is 9.10. The van der Waals surface area contributed by atoms with Crippen LogP contribution in [0.4, 0.5) is 0 Å². The largest absolute Gasteiger partial charge is 0.514 e. The van der Waals surface area contributed by atoms with Gasteiger partial charge in [0.05, 0.1) is 35.7 Å².